The van der Waals surface area contributed by atoms with Crippen LogP contribution in [0.2, 0.25) is 0 Å². The molecule has 4 heterocycles. The molecule has 11 heteroatoms. The predicted molar refractivity (Wildman–Crippen MR) is 103 cm³/mol. The van der Waals surface area contributed by atoms with E-state index in [0.717, 1.165) is 11.4 Å². The minimum absolute atomic E-state index is 0.193. The number of H-pyrrole nitrogens is 1. The quantitative estimate of drug-likeness (QED) is 0.611. The number of aromatic nitrogens is 6. The van der Waals surface area contributed by atoms with Gasteiger partial charge in [0.2, 0.25) is 11.9 Å². The zero-order chi connectivity index (χ0) is 20.1. The van der Waals surface area contributed by atoms with Crippen molar-refractivity contribution < 1.29 is 13.9 Å². The highest BCUT2D eigenvalue weighted by Crippen LogP contribution is 2.19. The number of pyridine rings is 1. The fraction of sp³-hybridized carbons (Fsp3) is 0.389. The molecule has 1 aliphatic rings. The summed E-state index contributed by atoms with van der Waals surface area (Å²) in [5.74, 6) is 1.07. The number of ether oxygens (including phenoxy) is 2. The molecule has 2 N–H and O–H groups in total. The van der Waals surface area contributed by atoms with Crippen LogP contribution in [0, 0.1) is 12.7 Å². The molecule has 1 saturated heterocycles. The van der Waals surface area contributed by atoms with Crippen LogP contribution in [0.3, 0.4) is 0 Å². The van der Waals surface area contributed by atoms with E-state index in [-0.39, 0.29) is 11.8 Å². The van der Waals surface area contributed by atoms with Gasteiger partial charge in [-0.25, -0.2) is 4.39 Å². The summed E-state index contributed by atoms with van der Waals surface area (Å²) in [5.41, 5.74) is 1.64. The van der Waals surface area contributed by atoms with Gasteiger partial charge in [-0.1, -0.05) is 0 Å². The van der Waals surface area contributed by atoms with E-state index in [9.17, 15) is 4.39 Å². The molecule has 29 heavy (non-hydrogen) atoms. The molecule has 0 aromatic carbocycles. The van der Waals surface area contributed by atoms with Crippen LogP contribution in [-0.4, -0.2) is 63.0 Å². The highest BCUT2D eigenvalue weighted by molar-refractivity contribution is 5.50. The van der Waals surface area contributed by atoms with Crippen LogP contribution in [0.15, 0.2) is 24.4 Å². The lowest BCUT2D eigenvalue weighted by atomic mass is 10.3. The largest absolute Gasteiger partial charge is 0.463 e. The molecule has 0 amide bonds. The van der Waals surface area contributed by atoms with Gasteiger partial charge in [-0.3, -0.25) is 10.1 Å². The Balaban J connectivity index is 1.49. The Bertz CT molecular complexity index is 943. The smallest absolute Gasteiger partial charge is 0.323 e. The van der Waals surface area contributed by atoms with Crippen LogP contribution in [0.1, 0.15) is 11.4 Å². The van der Waals surface area contributed by atoms with Crippen LogP contribution in [-0.2, 0) is 11.2 Å². The second kappa shape index (κ2) is 8.78. The van der Waals surface area contributed by atoms with Crippen LogP contribution >= 0.6 is 0 Å². The van der Waals surface area contributed by atoms with Gasteiger partial charge in [0.25, 0.3) is 0 Å². The Morgan fingerprint density at radius 1 is 1.24 bits per heavy atom. The van der Waals surface area contributed by atoms with E-state index >= 15 is 0 Å². The van der Waals surface area contributed by atoms with Crippen molar-refractivity contribution in [2.45, 2.75) is 13.3 Å². The molecule has 10 nitrogen and oxygen atoms in total. The van der Waals surface area contributed by atoms with Crippen LogP contribution < -0.4 is 15.0 Å². The number of nitrogens with zero attached hydrogens (tertiary/aromatic N) is 6. The first kappa shape index (κ1) is 19.0. The molecule has 0 bridgehead atoms. The van der Waals surface area contributed by atoms with Gasteiger partial charge in [0, 0.05) is 37.0 Å². The maximum absolute atomic E-state index is 13.0. The third-order valence-electron chi connectivity index (χ3n) is 4.22. The Labute approximate surface area is 166 Å². The van der Waals surface area contributed by atoms with E-state index in [0.29, 0.717) is 57.0 Å². The predicted octanol–water partition coefficient (Wildman–Crippen LogP) is 1.64. The molecule has 1 aliphatic heterocycles. The molecule has 3 aromatic rings. The monoisotopic (exact) mass is 400 g/mol. The maximum Gasteiger partial charge on any atom is 0.323 e. The number of aryl methyl sites for hydroxylation is 1. The maximum atomic E-state index is 13.0. The van der Waals surface area contributed by atoms with Gasteiger partial charge in [0.1, 0.15) is 5.82 Å². The molecule has 152 valence electrons. The lowest BCUT2D eigenvalue weighted by Gasteiger charge is -2.26. The lowest BCUT2D eigenvalue weighted by molar-refractivity contribution is 0.122. The lowest BCUT2D eigenvalue weighted by Crippen LogP contribution is -2.37. The third-order valence-corrected chi connectivity index (χ3v) is 4.22. The molecule has 0 radical (unpaired) electrons. The number of rotatable bonds is 7. The van der Waals surface area contributed by atoms with Gasteiger partial charge >= 0.3 is 6.01 Å². The van der Waals surface area contributed by atoms with Crippen LogP contribution in [0.5, 0.6) is 6.01 Å². The zero-order valence-corrected chi connectivity index (χ0v) is 15.9. The van der Waals surface area contributed by atoms with Crippen molar-refractivity contribution in [2.24, 2.45) is 0 Å². The molecule has 0 atom stereocenters. The minimum Gasteiger partial charge on any atom is -0.463 e. The SMILES string of the molecule is Cc1cc(Nc2nc(OCCc3ccc(F)cn3)nc(N3CCOCC3)n2)n[nH]1. The average molecular weight is 400 g/mol. The highest BCUT2D eigenvalue weighted by Gasteiger charge is 2.17. The Morgan fingerprint density at radius 3 is 2.83 bits per heavy atom. The van der Waals surface area contributed by atoms with Gasteiger partial charge in [-0.2, -0.15) is 20.1 Å². The third kappa shape index (κ3) is 5.13. The van der Waals surface area contributed by atoms with Crippen molar-refractivity contribution in [3.63, 3.8) is 0 Å². The summed E-state index contributed by atoms with van der Waals surface area (Å²) >= 11 is 0. The fourth-order valence-electron chi connectivity index (χ4n) is 2.77. The molecular weight excluding hydrogens is 379 g/mol. The minimum atomic E-state index is -0.369. The number of anilines is 3. The zero-order valence-electron chi connectivity index (χ0n) is 15.9. The van der Waals surface area contributed by atoms with Crippen molar-refractivity contribution in [2.75, 3.05) is 43.1 Å². The van der Waals surface area contributed by atoms with E-state index in [1.54, 1.807) is 6.07 Å². The molecule has 0 spiro atoms. The summed E-state index contributed by atoms with van der Waals surface area (Å²) in [7, 11) is 0. The number of hydrogen-bond donors (Lipinski definition) is 2. The van der Waals surface area contributed by atoms with Gasteiger partial charge in [0.05, 0.1) is 26.0 Å². The van der Waals surface area contributed by atoms with Crippen molar-refractivity contribution in [3.05, 3.63) is 41.6 Å². The summed E-state index contributed by atoms with van der Waals surface area (Å²) in [5, 5.41) is 10.1. The highest BCUT2D eigenvalue weighted by atomic mass is 19.1. The number of hydrogen-bond acceptors (Lipinski definition) is 9. The van der Waals surface area contributed by atoms with E-state index in [1.807, 2.05) is 17.9 Å². The first-order valence-corrected chi connectivity index (χ1v) is 9.27. The number of aromatic amines is 1. The molecule has 4 rings (SSSR count). The van der Waals surface area contributed by atoms with Crippen molar-refractivity contribution in [1.29, 1.82) is 0 Å². The molecule has 0 saturated carbocycles. The topological polar surface area (TPSA) is 114 Å². The van der Waals surface area contributed by atoms with Crippen molar-refractivity contribution >= 4 is 17.7 Å². The van der Waals surface area contributed by atoms with Gasteiger partial charge in [-0.05, 0) is 19.1 Å². The second-order valence-corrected chi connectivity index (χ2v) is 6.47. The summed E-state index contributed by atoms with van der Waals surface area (Å²) < 4.78 is 24.1. The first-order valence-electron chi connectivity index (χ1n) is 9.27. The second-order valence-electron chi connectivity index (χ2n) is 6.47. The van der Waals surface area contributed by atoms with Crippen molar-refractivity contribution in [1.82, 2.24) is 30.1 Å². The summed E-state index contributed by atoms with van der Waals surface area (Å²) in [4.78, 5) is 19.3. The van der Waals surface area contributed by atoms with E-state index in [1.165, 1.54) is 12.3 Å². The molecular formula is C18H21FN8O2. The van der Waals surface area contributed by atoms with Crippen LogP contribution in [0.4, 0.5) is 22.1 Å². The number of nitrogens with one attached hydrogen (secondary N) is 2. The summed E-state index contributed by atoms with van der Waals surface area (Å²) in [6.07, 6.45) is 1.68. The summed E-state index contributed by atoms with van der Waals surface area (Å²) in [6, 6.07) is 5.03. The summed E-state index contributed by atoms with van der Waals surface area (Å²) in [6.45, 7) is 4.79. The standard InChI is InChI=1S/C18H21FN8O2/c1-12-10-15(26-25-12)21-16-22-17(27-5-8-28-9-6-27)24-18(23-16)29-7-4-14-3-2-13(19)11-20-14/h2-3,10-11H,4-9H2,1H3,(H2,21,22,23,24,25,26). The van der Waals surface area contributed by atoms with E-state index in [4.69, 9.17) is 9.47 Å². The number of halogens is 1. The van der Waals surface area contributed by atoms with E-state index in [2.05, 4.69) is 35.5 Å². The average Bonchev–Trinajstić information content (AvgIpc) is 3.14. The Hall–Kier alpha value is -3.34. The van der Waals surface area contributed by atoms with Gasteiger partial charge < -0.3 is 19.7 Å². The molecule has 0 unspecified atom stereocenters. The number of morpholine rings is 1. The van der Waals surface area contributed by atoms with Gasteiger partial charge in [-0.15, -0.1) is 0 Å². The molecule has 1 fully saturated rings. The van der Waals surface area contributed by atoms with Gasteiger partial charge in [0.15, 0.2) is 5.82 Å². The van der Waals surface area contributed by atoms with E-state index < -0.39 is 0 Å². The van der Waals surface area contributed by atoms with Crippen molar-refractivity contribution in [3.8, 4) is 6.01 Å². The molecule has 3 aromatic heterocycles. The van der Waals surface area contributed by atoms with Crippen LogP contribution in [0.25, 0.3) is 0 Å². The molecule has 0 aliphatic carbocycles. The first-order chi connectivity index (χ1) is 14.2. The Kier molecular flexibility index (Phi) is 5.75. The fourth-order valence-corrected chi connectivity index (χ4v) is 2.77. The normalized spacial score (nSPS) is 14.1. The Morgan fingerprint density at radius 2 is 2.10 bits per heavy atom.